The highest BCUT2D eigenvalue weighted by Gasteiger charge is 2.31. The van der Waals surface area contributed by atoms with Crippen molar-refractivity contribution in [2.45, 2.75) is 57.2 Å². The number of rotatable bonds is 7. The Hall–Kier alpha value is -0.290. The Morgan fingerprint density at radius 2 is 2.22 bits per heavy atom. The summed E-state index contributed by atoms with van der Waals surface area (Å²) in [5, 5.41) is 3.72. The molecule has 0 heterocycles. The number of thiocarbonyl (C=S) groups is 1. The van der Waals surface area contributed by atoms with Crippen LogP contribution in [0.5, 0.6) is 0 Å². The van der Waals surface area contributed by atoms with Crippen LogP contribution in [0.1, 0.15) is 46.0 Å². The van der Waals surface area contributed by atoms with E-state index in [4.69, 9.17) is 18.0 Å². The maximum absolute atomic E-state index is 12.2. The number of amides is 1. The summed E-state index contributed by atoms with van der Waals surface area (Å²) in [6.07, 6.45) is 5.16. The van der Waals surface area contributed by atoms with Crippen molar-refractivity contribution in [3.8, 4) is 0 Å². The maximum Gasteiger partial charge on any atom is 0.230 e. The largest absolute Gasteiger partial charge is 0.393 e. The maximum atomic E-state index is 12.2. The first-order valence-electron chi connectivity index (χ1n) is 6.81. The van der Waals surface area contributed by atoms with Gasteiger partial charge in [0.15, 0.2) is 0 Å². The van der Waals surface area contributed by atoms with Gasteiger partial charge in [-0.3, -0.25) is 4.79 Å². The predicted molar refractivity (Wildman–Crippen MR) is 82.9 cm³/mol. The summed E-state index contributed by atoms with van der Waals surface area (Å²) < 4.78 is 0. The zero-order valence-electron chi connectivity index (χ0n) is 11.3. The predicted octanol–water partition coefficient (Wildman–Crippen LogP) is 2.48. The van der Waals surface area contributed by atoms with E-state index >= 15 is 0 Å². The van der Waals surface area contributed by atoms with E-state index in [2.05, 4.69) is 12.2 Å². The van der Waals surface area contributed by atoms with Crippen LogP contribution in [0.25, 0.3) is 0 Å². The molecule has 1 aliphatic carbocycles. The molecule has 3 N–H and O–H groups in total. The highest BCUT2D eigenvalue weighted by atomic mass is 32.2. The second-order valence-electron chi connectivity index (χ2n) is 4.78. The minimum absolute atomic E-state index is 0.0259. The van der Waals surface area contributed by atoms with Gasteiger partial charge in [0.05, 0.1) is 10.9 Å². The van der Waals surface area contributed by atoms with Crippen LogP contribution in [0.15, 0.2) is 0 Å². The zero-order chi connectivity index (χ0) is 13.5. The fourth-order valence-corrected chi connectivity index (χ4v) is 3.90. The summed E-state index contributed by atoms with van der Waals surface area (Å²) in [4.78, 5) is 12.5. The average Bonchev–Trinajstić information content (AvgIpc) is 2.73. The molecule has 0 aromatic heterocycles. The Balaban J connectivity index is 2.53. The van der Waals surface area contributed by atoms with E-state index in [1.54, 1.807) is 0 Å². The van der Waals surface area contributed by atoms with Gasteiger partial charge in [-0.25, -0.2) is 0 Å². The lowest BCUT2D eigenvalue weighted by Crippen LogP contribution is -2.45. The molecule has 0 saturated heterocycles. The van der Waals surface area contributed by atoms with Gasteiger partial charge in [0.2, 0.25) is 5.91 Å². The van der Waals surface area contributed by atoms with Gasteiger partial charge in [-0.2, -0.15) is 11.8 Å². The second-order valence-corrected chi connectivity index (χ2v) is 6.77. The fraction of sp³-hybridized carbons (Fsp3) is 0.846. The lowest BCUT2D eigenvalue weighted by Gasteiger charge is -2.23. The standard InChI is InChI=1S/C13H24N2OS2/c1-3-6-9(12(14)17)13(16)15-10-7-5-8-11(10)18-4-2/h9-11H,3-8H2,1-2H3,(H2,14,17)(H,15,16). The molecule has 104 valence electrons. The van der Waals surface area contributed by atoms with Crippen molar-refractivity contribution < 1.29 is 4.79 Å². The van der Waals surface area contributed by atoms with Crippen molar-refractivity contribution >= 4 is 34.9 Å². The normalized spacial score (nSPS) is 24.8. The average molecular weight is 288 g/mol. The first kappa shape index (κ1) is 15.8. The lowest BCUT2D eigenvalue weighted by atomic mass is 10.0. The van der Waals surface area contributed by atoms with Crippen LogP contribution in [-0.4, -0.2) is 27.9 Å². The highest BCUT2D eigenvalue weighted by molar-refractivity contribution is 7.99. The van der Waals surface area contributed by atoms with Crippen LogP contribution in [0, 0.1) is 5.92 Å². The quantitative estimate of drug-likeness (QED) is 0.707. The summed E-state index contributed by atoms with van der Waals surface area (Å²) in [5.41, 5.74) is 5.66. The van der Waals surface area contributed by atoms with Crippen LogP contribution in [0.4, 0.5) is 0 Å². The third kappa shape index (κ3) is 4.43. The van der Waals surface area contributed by atoms with Gasteiger partial charge in [0.25, 0.3) is 0 Å². The third-order valence-corrected chi connectivity index (χ3v) is 5.01. The van der Waals surface area contributed by atoms with Crippen LogP contribution < -0.4 is 11.1 Å². The van der Waals surface area contributed by atoms with Gasteiger partial charge in [-0.15, -0.1) is 0 Å². The number of hydrogen-bond acceptors (Lipinski definition) is 3. The molecule has 3 atom stereocenters. The van der Waals surface area contributed by atoms with Crippen LogP contribution in [0.2, 0.25) is 0 Å². The van der Waals surface area contributed by atoms with Crippen molar-refractivity contribution in [2.75, 3.05) is 5.75 Å². The van der Waals surface area contributed by atoms with E-state index in [0.717, 1.165) is 25.0 Å². The van der Waals surface area contributed by atoms with E-state index in [-0.39, 0.29) is 11.8 Å². The molecule has 3 nitrogen and oxygen atoms in total. The van der Waals surface area contributed by atoms with E-state index in [9.17, 15) is 4.79 Å². The number of carbonyl (C=O) groups excluding carboxylic acids is 1. The Morgan fingerprint density at radius 1 is 1.50 bits per heavy atom. The Morgan fingerprint density at radius 3 is 2.78 bits per heavy atom. The molecule has 0 spiro atoms. The molecule has 1 aliphatic rings. The molecule has 0 aromatic rings. The molecule has 5 heteroatoms. The van der Waals surface area contributed by atoms with Gasteiger partial charge in [-0.1, -0.05) is 38.9 Å². The van der Waals surface area contributed by atoms with Crippen LogP contribution >= 0.6 is 24.0 Å². The summed E-state index contributed by atoms with van der Waals surface area (Å²) >= 11 is 6.94. The van der Waals surface area contributed by atoms with Crippen molar-refractivity contribution in [3.63, 3.8) is 0 Å². The number of carbonyl (C=O) groups is 1. The van der Waals surface area contributed by atoms with Crippen LogP contribution in [-0.2, 0) is 4.79 Å². The number of hydrogen-bond donors (Lipinski definition) is 2. The van der Waals surface area contributed by atoms with E-state index in [1.807, 2.05) is 18.7 Å². The summed E-state index contributed by atoms with van der Waals surface area (Å²) in [6, 6.07) is 0.302. The van der Waals surface area contributed by atoms with Gasteiger partial charge < -0.3 is 11.1 Å². The molecule has 1 fully saturated rings. The van der Waals surface area contributed by atoms with Gasteiger partial charge >= 0.3 is 0 Å². The minimum atomic E-state index is -0.294. The highest BCUT2D eigenvalue weighted by Crippen LogP contribution is 2.30. The molecule has 1 rings (SSSR count). The SMILES string of the molecule is CCCC(C(=O)NC1CCCC1SCC)C(N)=S. The minimum Gasteiger partial charge on any atom is -0.393 e. The molecule has 18 heavy (non-hydrogen) atoms. The molecule has 0 aromatic carbocycles. The summed E-state index contributed by atoms with van der Waals surface area (Å²) in [6.45, 7) is 4.21. The molecule has 1 amide bonds. The van der Waals surface area contributed by atoms with Crippen molar-refractivity contribution in [1.82, 2.24) is 5.32 Å². The molecular formula is C13H24N2OS2. The lowest BCUT2D eigenvalue weighted by molar-refractivity contribution is -0.123. The van der Waals surface area contributed by atoms with Gasteiger partial charge in [0.1, 0.15) is 0 Å². The van der Waals surface area contributed by atoms with Crippen LogP contribution in [0.3, 0.4) is 0 Å². The molecule has 0 aliphatic heterocycles. The molecule has 0 radical (unpaired) electrons. The fourth-order valence-electron chi connectivity index (χ4n) is 2.48. The van der Waals surface area contributed by atoms with E-state index in [1.165, 1.54) is 12.8 Å². The van der Waals surface area contributed by atoms with Crippen molar-refractivity contribution in [3.05, 3.63) is 0 Å². The monoisotopic (exact) mass is 288 g/mol. The first-order valence-corrected chi connectivity index (χ1v) is 8.27. The topological polar surface area (TPSA) is 55.1 Å². The Labute approximate surface area is 120 Å². The molecular weight excluding hydrogens is 264 g/mol. The molecule has 3 unspecified atom stereocenters. The summed E-state index contributed by atoms with van der Waals surface area (Å²) in [7, 11) is 0. The Bertz CT molecular complexity index is 297. The molecule has 1 saturated carbocycles. The Kier molecular flexibility index (Phi) is 7.00. The summed E-state index contributed by atoms with van der Waals surface area (Å²) in [5.74, 6) is 0.834. The van der Waals surface area contributed by atoms with Crippen molar-refractivity contribution in [2.24, 2.45) is 11.7 Å². The van der Waals surface area contributed by atoms with E-state index < -0.39 is 0 Å². The number of nitrogens with two attached hydrogens (primary N) is 1. The van der Waals surface area contributed by atoms with Gasteiger partial charge in [0, 0.05) is 11.3 Å². The number of thioether (sulfide) groups is 1. The second kappa shape index (κ2) is 8.00. The number of nitrogens with one attached hydrogen (secondary N) is 1. The van der Waals surface area contributed by atoms with Gasteiger partial charge in [-0.05, 0) is 25.0 Å². The van der Waals surface area contributed by atoms with Crippen molar-refractivity contribution in [1.29, 1.82) is 0 Å². The third-order valence-electron chi connectivity index (χ3n) is 3.40. The first-order chi connectivity index (χ1) is 8.60. The smallest absolute Gasteiger partial charge is 0.230 e. The van der Waals surface area contributed by atoms with E-state index in [0.29, 0.717) is 16.3 Å². The molecule has 0 bridgehead atoms. The zero-order valence-corrected chi connectivity index (χ0v) is 12.9.